The minimum Gasteiger partial charge on any atom is -0.179 e. The molecule has 0 aliphatic rings. The lowest BCUT2D eigenvalue weighted by atomic mass is 9.75. The van der Waals surface area contributed by atoms with Gasteiger partial charge in [0.05, 0.1) is 0 Å². The molecule has 1 heteroatoms. The molecular formula is C11H24S. The van der Waals surface area contributed by atoms with Crippen LogP contribution in [-0.2, 0) is 0 Å². The average Bonchev–Trinajstić information content (AvgIpc) is 2.13. The van der Waals surface area contributed by atoms with E-state index in [1.54, 1.807) is 0 Å². The smallest absolute Gasteiger partial charge is 0.00977 e. The summed E-state index contributed by atoms with van der Waals surface area (Å²) in [6.07, 6.45) is 8.06. The van der Waals surface area contributed by atoms with Crippen LogP contribution in [0.15, 0.2) is 0 Å². The van der Waals surface area contributed by atoms with Gasteiger partial charge in [0, 0.05) is 0 Å². The van der Waals surface area contributed by atoms with Gasteiger partial charge >= 0.3 is 0 Å². The molecule has 0 saturated carbocycles. The lowest BCUT2D eigenvalue weighted by Gasteiger charge is -2.31. The van der Waals surface area contributed by atoms with E-state index in [4.69, 9.17) is 0 Å². The van der Waals surface area contributed by atoms with Gasteiger partial charge in [-0.3, -0.25) is 0 Å². The van der Waals surface area contributed by atoms with Crippen molar-refractivity contribution in [1.29, 1.82) is 0 Å². The van der Waals surface area contributed by atoms with Gasteiger partial charge in [0.25, 0.3) is 0 Å². The normalized spacial score (nSPS) is 12.0. The predicted octanol–water partition coefficient (Wildman–Crippen LogP) is 4.30. The van der Waals surface area contributed by atoms with Crippen molar-refractivity contribution in [3.8, 4) is 0 Å². The molecule has 0 saturated heterocycles. The van der Waals surface area contributed by atoms with Crippen molar-refractivity contribution in [2.45, 2.75) is 59.3 Å². The Morgan fingerprint density at radius 2 is 1.58 bits per heavy atom. The fourth-order valence-corrected chi connectivity index (χ4v) is 2.22. The number of thiol groups is 1. The third-order valence-electron chi connectivity index (χ3n) is 3.15. The maximum Gasteiger partial charge on any atom is -0.00977 e. The molecule has 0 bridgehead atoms. The molecule has 0 heterocycles. The van der Waals surface area contributed by atoms with Gasteiger partial charge in [-0.2, -0.15) is 12.6 Å². The molecule has 0 aromatic heterocycles. The Morgan fingerprint density at radius 3 is 1.92 bits per heavy atom. The molecule has 0 aromatic rings. The first kappa shape index (κ1) is 12.3. The summed E-state index contributed by atoms with van der Waals surface area (Å²) in [6, 6.07) is 0. The first-order chi connectivity index (χ1) is 5.74. The van der Waals surface area contributed by atoms with Crippen LogP contribution in [0.5, 0.6) is 0 Å². The highest BCUT2D eigenvalue weighted by Gasteiger charge is 2.23. The van der Waals surface area contributed by atoms with Crippen LogP contribution in [0.4, 0.5) is 0 Å². The highest BCUT2D eigenvalue weighted by molar-refractivity contribution is 7.80. The average molecular weight is 188 g/mol. The van der Waals surface area contributed by atoms with Crippen molar-refractivity contribution in [1.82, 2.24) is 0 Å². The predicted molar refractivity (Wildman–Crippen MR) is 61.0 cm³/mol. The zero-order chi connectivity index (χ0) is 9.45. The van der Waals surface area contributed by atoms with E-state index in [1.165, 1.54) is 38.5 Å². The Kier molecular flexibility index (Phi) is 7.02. The molecule has 0 aromatic carbocycles. The Hall–Kier alpha value is 0.350. The quantitative estimate of drug-likeness (QED) is 0.566. The molecule has 0 amide bonds. The molecule has 0 fully saturated rings. The van der Waals surface area contributed by atoms with Crippen LogP contribution in [0.2, 0.25) is 0 Å². The molecule has 0 spiro atoms. The van der Waals surface area contributed by atoms with Gasteiger partial charge in [0.1, 0.15) is 0 Å². The zero-order valence-corrected chi connectivity index (χ0v) is 9.79. The van der Waals surface area contributed by atoms with Gasteiger partial charge in [-0.05, 0) is 30.4 Å². The Bertz CT molecular complexity index is 95.2. The van der Waals surface area contributed by atoms with Crippen LogP contribution in [0.1, 0.15) is 59.3 Å². The van der Waals surface area contributed by atoms with E-state index in [0.29, 0.717) is 5.41 Å². The van der Waals surface area contributed by atoms with Crippen molar-refractivity contribution < 1.29 is 0 Å². The fourth-order valence-electron chi connectivity index (χ4n) is 2.07. The van der Waals surface area contributed by atoms with Crippen LogP contribution < -0.4 is 0 Å². The second kappa shape index (κ2) is 6.82. The Balaban J connectivity index is 3.95. The molecule has 0 aliphatic heterocycles. The number of rotatable bonds is 7. The highest BCUT2D eigenvalue weighted by Crippen LogP contribution is 2.36. The van der Waals surface area contributed by atoms with E-state index in [2.05, 4.69) is 33.4 Å². The van der Waals surface area contributed by atoms with E-state index >= 15 is 0 Å². The van der Waals surface area contributed by atoms with E-state index in [-0.39, 0.29) is 0 Å². The Labute approximate surface area is 83.5 Å². The van der Waals surface area contributed by atoms with Crippen molar-refractivity contribution in [3.05, 3.63) is 0 Å². The second-order valence-corrected chi connectivity index (χ2v) is 4.23. The van der Waals surface area contributed by atoms with Crippen molar-refractivity contribution in [2.24, 2.45) is 5.41 Å². The summed E-state index contributed by atoms with van der Waals surface area (Å²) in [7, 11) is 0. The van der Waals surface area contributed by atoms with Gasteiger partial charge in [0.15, 0.2) is 0 Å². The van der Waals surface area contributed by atoms with Crippen LogP contribution in [0, 0.1) is 5.41 Å². The van der Waals surface area contributed by atoms with E-state index in [9.17, 15) is 0 Å². The molecule has 74 valence electrons. The molecule has 0 aliphatic carbocycles. The summed E-state index contributed by atoms with van der Waals surface area (Å²) in [4.78, 5) is 0. The molecular weight excluding hydrogens is 164 g/mol. The third-order valence-corrected chi connectivity index (χ3v) is 3.46. The molecule has 0 atom stereocenters. The number of hydrogen-bond acceptors (Lipinski definition) is 1. The van der Waals surface area contributed by atoms with Crippen LogP contribution in [-0.4, -0.2) is 5.75 Å². The minimum absolute atomic E-state index is 0.636. The maximum atomic E-state index is 4.28. The molecule has 12 heavy (non-hydrogen) atoms. The standard InChI is InChI=1S/C11H24S/c1-4-8-11(5-2,6-3)9-7-10-12/h12H,4-10H2,1-3H3. The van der Waals surface area contributed by atoms with Gasteiger partial charge in [-0.1, -0.05) is 40.0 Å². The third kappa shape index (κ3) is 3.84. The number of hydrogen-bond donors (Lipinski definition) is 1. The van der Waals surface area contributed by atoms with Crippen LogP contribution in [0.3, 0.4) is 0 Å². The summed E-state index contributed by atoms with van der Waals surface area (Å²) in [5.74, 6) is 1.05. The van der Waals surface area contributed by atoms with Crippen molar-refractivity contribution in [3.63, 3.8) is 0 Å². The van der Waals surface area contributed by atoms with Crippen LogP contribution >= 0.6 is 12.6 Å². The first-order valence-electron chi connectivity index (χ1n) is 5.35. The highest BCUT2D eigenvalue weighted by atomic mass is 32.1. The minimum atomic E-state index is 0.636. The molecule has 0 N–H and O–H groups in total. The summed E-state index contributed by atoms with van der Waals surface area (Å²) < 4.78 is 0. The summed E-state index contributed by atoms with van der Waals surface area (Å²) in [5.41, 5.74) is 0.636. The zero-order valence-electron chi connectivity index (χ0n) is 8.90. The molecule has 0 rings (SSSR count). The maximum absolute atomic E-state index is 4.28. The first-order valence-corrected chi connectivity index (χ1v) is 5.98. The summed E-state index contributed by atoms with van der Waals surface area (Å²) >= 11 is 4.28. The monoisotopic (exact) mass is 188 g/mol. The lowest BCUT2D eigenvalue weighted by molar-refractivity contribution is 0.214. The van der Waals surface area contributed by atoms with E-state index in [1.807, 2.05) is 0 Å². The van der Waals surface area contributed by atoms with Crippen molar-refractivity contribution >= 4 is 12.6 Å². The Morgan fingerprint density at radius 1 is 1.00 bits per heavy atom. The topological polar surface area (TPSA) is 0 Å². The summed E-state index contributed by atoms with van der Waals surface area (Å²) in [5, 5.41) is 0. The second-order valence-electron chi connectivity index (χ2n) is 3.78. The fraction of sp³-hybridized carbons (Fsp3) is 1.00. The molecule has 0 unspecified atom stereocenters. The SMILES string of the molecule is CCCC(CC)(CC)CCCS. The van der Waals surface area contributed by atoms with E-state index in [0.717, 1.165) is 5.75 Å². The van der Waals surface area contributed by atoms with Gasteiger partial charge in [0.2, 0.25) is 0 Å². The van der Waals surface area contributed by atoms with Crippen molar-refractivity contribution in [2.75, 3.05) is 5.75 Å². The summed E-state index contributed by atoms with van der Waals surface area (Å²) in [6.45, 7) is 6.95. The largest absolute Gasteiger partial charge is 0.179 e. The van der Waals surface area contributed by atoms with Gasteiger partial charge < -0.3 is 0 Å². The van der Waals surface area contributed by atoms with Gasteiger partial charge in [-0.15, -0.1) is 0 Å². The van der Waals surface area contributed by atoms with E-state index < -0.39 is 0 Å². The van der Waals surface area contributed by atoms with Gasteiger partial charge in [-0.25, -0.2) is 0 Å². The lowest BCUT2D eigenvalue weighted by Crippen LogP contribution is -2.18. The molecule has 0 radical (unpaired) electrons. The van der Waals surface area contributed by atoms with Crippen LogP contribution in [0.25, 0.3) is 0 Å². The molecule has 0 nitrogen and oxygen atoms in total.